The van der Waals surface area contributed by atoms with Crippen molar-refractivity contribution in [2.45, 2.75) is 33.2 Å². The van der Waals surface area contributed by atoms with Gasteiger partial charge in [-0.25, -0.2) is 8.78 Å². The summed E-state index contributed by atoms with van der Waals surface area (Å²) in [6.07, 6.45) is -2.69. The molecular formula is C15H22F2N6. The highest BCUT2D eigenvalue weighted by molar-refractivity contribution is 5.46. The second-order valence-electron chi connectivity index (χ2n) is 7.13. The second kappa shape index (κ2) is 5.67. The van der Waals surface area contributed by atoms with Crippen molar-refractivity contribution in [3.63, 3.8) is 0 Å². The monoisotopic (exact) mass is 324 g/mol. The van der Waals surface area contributed by atoms with Crippen LogP contribution in [-0.2, 0) is 0 Å². The summed E-state index contributed by atoms with van der Waals surface area (Å²) < 4.78 is 27.1. The largest absolute Gasteiger partial charge is 0.352 e. The third-order valence-electron chi connectivity index (χ3n) is 4.44. The van der Waals surface area contributed by atoms with Crippen molar-refractivity contribution in [3.05, 3.63) is 18.0 Å². The van der Waals surface area contributed by atoms with Crippen molar-refractivity contribution in [1.29, 1.82) is 0 Å². The van der Waals surface area contributed by atoms with Gasteiger partial charge in [0.2, 0.25) is 5.82 Å². The van der Waals surface area contributed by atoms with E-state index < -0.39 is 12.2 Å². The number of rotatable bonds is 2. The van der Waals surface area contributed by atoms with Gasteiger partial charge in [0.15, 0.2) is 5.65 Å². The molecule has 1 saturated heterocycles. The van der Waals surface area contributed by atoms with Crippen LogP contribution in [0.2, 0.25) is 0 Å². The Morgan fingerprint density at radius 2 is 1.91 bits per heavy atom. The molecule has 0 amide bonds. The van der Waals surface area contributed by atoms with Crippen LogP contribution in [0.5, 0.6) is 0 Å². The van der Waals surface area contributed by atoms with Crippen molar-refractivity contribution in [2.75, 3.05) is 31.6 Å². The zero-order chi connectivity index (χ0) is 16.8. The maximum Gasteiger partial charge on any atom is 0.299 e. The number of aromatic nitrogens is 4. The number of piperazine rings is 1. The summed E-state index contributed by atoms with van der Waals surface area (Å²) in [5.74, 6) is 0.268. The van der Waals surface area contributed by atoms with Crippen LogP contribution in [0.3, 0.4) is 0 Å². The first-order chi connectivity index (χ1) is 10.8. The van der Waals surface area contributed by atoms with Crippen molar-refractivity contribution >= 4 is 11.5 Å². The predicted molar refractivity (Wildman–Crippen MR) is 83.8 cm³/mol. The van der Waals surface area contributed by atoms with E-state index in [4.69, 9.17) is 0 Å². The molecule has 1 fully saturated rings. The van der Waals surface area contributed by atoms with E-state index in [0.717, 1.165) is 24.1 Å². The number of alkyl halides is 2. The molecule has 0 radical (unpaired) electrons. The van der Waals surface area contributed by atoms with Crippen molar-refractivity contribution in [1.82, 2.24) is 24.7 Å². The van der Waals surface area contributed by atoms with Gasteiger partial charge >= 0.3 is 0 Å². The lowest BCUT2D eigenvalue weighted by Crippen LogP contribution is -2.56. The van der Waals surface area contributed by atoms with Gasteiger partial charge in [-0.1, -0.05) is 20.8 Å². The highest BCUT2D eigenvalue weighted by atomic mass is 19.3. The molecule has 6 nitrogen and oxygen atoms in total. The maximum absolute atomic E-state index is 13.0. The molecule has 1 atom stereocenters. The van der Waals surface area contributed by atoms with Crippen LogP contribution in [-0.4, -0.2) is 57.4 Å². The molecule has 8 heteroatoms. The van der Waals surface area contributed by atoms with Crippen LogP contribution in [0.1, 0.15) is 33.0 Å². The topological polar surface area (TPSA) is 49.6 Å². The number of hydrogen-bond acceptors (Lipinski definition) is 5. The van der Waals surface area contributed by atoms with Crippen LogP contribution < -0.4 is 4.90 Å². The zero-order valence-electron chi connectivity index (χ0n) is 13.9. The van der Waals surface area contributed by atoms with Crippen LogP contribution in [0.25, 0.3) is 5.65 Å². The summed E-state index contributed by atoms with van der Waals surface area (Å²) in [6.45, 7) is 9.17. The number of hydrogen-bond donors (Lipinski definition) is 0. The Morgan fingerprint density at radius 1 is 1.17 bits per heavy atom. The molecule has 126 valence electrons. The molecule has 3 heterocycles. The van der Waals surface area contributed by atoms with Crippen LogP contribution >= 0.6 is 0 Å². The molecule has 3 rings (SSSR count). The molecule has 1 unspecified atom stereocenters. The van der Waals surface area contributed by atoms with Gasteiger partial charge in [-0.3, -0.25) is 4.90 Å². The van der Waals surface area contributed by atoms with E-state index in [0.29, 0.717) is 17.5 Å². The lowest BCUT2D eigenvalue weighted by Gasteiger charge is -2.46. The maximum atomic E-state index is 13.0. The molecule has 1 aliphatic heterocycles. The summed E-state index contributed by atoms with van der Waals surface area (Å²) in [6, 6.07) is 3.87. The fourth-order valence-electron chi connectivity index (χ4n) is 3.12. The average Bonchev–Trinajstić information content (AvgIpc) is 2.89. The number of nitrogens with zero attached hydrogens (tertiary/aromatic N) is 6. The molecule has 0 bridgehead atoms. The number of likely N-dealkylation sites (N-methyl/N-ethyl adjacent to an activating group) is 1. The standard InChI is InChI=1S/C15H22F2N6/c1-15(2,3)10-9-22(8-7-21(10)4)12-6-5-11-18-19-14(13(16)17)23(11)20-12/h5-6,10,13H,7-9H2,1-4H3. The Balaban J connectivity index is 1.92. The van der Waals surface area contributed by atoms with Gasteiger partial charge in [0.05, 0.1) is 0 Å². The third kappa shape index (κ3) is 2.99. The van der Waals surface area contributed by atoms with E-state index in [2.05, 4.69) is 52.9 Å². The van der Waals surface area contributed by atoms with Crippen LogP contribution in [0.15, 0.2) is 12.1 Å². The second-order valence-corrected chi connectivity index (χ2v) is 7.13. The molecule has 1 aliphatic rings. The first kappa shape index (κ1) is 16.0. The van der Waals surface area contributed by atoms with Gasteiger partial charge in [0.25, 0.3) is 6.43 Å². The van der Waals surface area contributed by atoms with E-state index in [1.54, 1.807) is 6.07 Å². The lowest BCUT2D eigenvalue weighted by molar-refractivity contribution is 0.112. The summed E-state index contributed by atoms with van der Waals surface area (Å²) in [4.78, 5) is 4.49. The highest BCUT2D eigenvalue weighted by Crippen LogP contribution is 2.28. The van der Waals surface area contributed by atoms with Gasteiger partial charge in [-0.15, -0.1) is 15.3 Å². The van der Waals surface area contributed by atoms with E-state index in [-0.39, 0.29) is 5.41 Å². The minimum atomic E-state index is -2.69. The first-order valence-electron chi connectivity index (χ1n) is 7.73. The van der Waals surface area contributed by atoms with Gasteiger partial charge in [0.1, 0.15) is 5.82 Å². The normalized spacial score (nSPS) is 20.7. The summed E-state index contributed by atoms with van der Waals surface area (Å²) in [7, 11) is 2.12. The van der Waals surface area contributed by atoms with E-state index in [1.807, 2.05) is 6.07 Å². The van der Waals surface area contributed by atoms with Gasteiger partial charge < -0.3 is 4.90 Å². The van der Waals surface area contributed by atoms with E-state index in [9.17, 15) is 8.78 Å². The molecule has 23 heavy (non-hydrogen) atoms. The summed E-state index contributed by atoms with van der Waals surface area (Å²) >= 11 is 0. The number of anilines is 1. The van der Waals surface area contributed by atoms with Gasteiger partial charge in [-0.05, 0) is 24.6 Å². The molecule has 2 aromatic rings. The van der Waals surface area contributed by atoms with Crippen molar-refractivity contribution in [2.24, 2.45) is 5.41 Å². The first-order valence-corrected chi connectivity index (χ1v) is 7.73. The van der Waals surface area contributed by atoms with Gasteiger partial charge in [-0.2, -0.15) is 4.52 Å². The Kier molecular flexibility index (Phi) is 3.95. The van der Waals surface area contributed by atoms with E-state index >= 15 is 0 Å². The quantitative estimate of drug-likeness (QED) is 0.848. The molecule has 0 aliphatic carbocycles. The van der Waals surface area contributed by atoms with Crippen LogP contribution in [0, 0.1) is 5.41 Å². The Labute approximate surface area is 134 Å². The zero-order valence-corrected chi connectivity index (χ0v) is 13.9. The average molecular weight is 324 g/mol. The van der Waals surface area contributed by atoms with E-state index in [1.165, 1.54) is 0 Å². The van der Waals surface area contributed by atoms with Crippen molar-refractivity contribution < 1.29 is 8.78 Å². The third-order valence-corrected chi connectivity index (χ3v) is 4.44. The highest BCUT2D eigenvalue weighted by Gasteiger charge is 2.34. The lowest BCUT2D eigenvalue weighted by atomic mass is 9.84. The fraction of sp³-hybridized carbons (Fsp3) is 0.667. The molecule has 2 aromatic heterocycles. The summed E-state index contributed by atoms with van der Waals surface area (Å²) in [5, 5.41) is 11.6. The molecule has 0 saturated carbocycles. The molecule has 0 spiro atoms. The van der Waals surface area contributed by atoms with Crippen LogP contribution in [0.4, 0.5) is 14.6 Å². The Morgan fingerprint density at radius 3 is 2.57 bits per heavy atom. The Bertz CT molecular complexity index is 693. The molecular weight excluding hydrogens is 302 g/mol. The smallest absolute Gasteiger partial charge is 0.299 e. The minimum Gasteiger partial charge on any atom is -0.352 e. The van der Waals surface area contributed by atoms with Crippen molar-refractivity contribution in [3.8, 4) is 0 Å². The summed E-state index contributed by atoms with van der Waals surface area (Å²) in [5.41, 5.74) is 0.466. The Hall–Kier alpha value is -1.83. The predicted octanol–water partition coefficient (Wildman–Crippen LogP) is 2.23. The molecule has 0 aromatic carbocycles. The number of halogens is 2. The van der Waals surface area contributed by atoms with Gasteiger partial charge in [0, 0.05) is 25.7 Å². The number of fused-ring (bicyclic) bond motifs is 1. The molecule has 0 N–H and O–H groups in total. The minimum absolute atomic E-state index is 0.127. The fourth-order valence-corrected chi connectivity index (χ4v) is 3.12. The SMILES string of the molecule is CN1CCN(c2ccc3nnc(C(F)F)n3n2)CC1C(C)(C)C.